The average molecular weight is 356 g/mol. The van der Waals surface area contributed by atoms with Gasteiger partial charge in [-0.05, 0) is 18.6 Å². The van der Waals surface area contributed by atoms with Crippen molar-refractivity contribution in [1.82, 2.24) is 10.2 Å². The molecule has 4 rings (SSSR count). The van der Waals surface area contributed by atoms with Crippen LogP contribution in [-0.4, -0.2) is 48.6 Å². The van der Waals surface area contributed by atoms with E-state index < -0.39 is 0 Å². The predicted molar refractivity (Wildman–Crippen MR) is 96.6 cm³/mol. The third-order valence-electron chi connectivity index (χ3n) is 5.55. The van der Waals surface area contributed by atoms with Crippen molar-refractivity contribution in [3.63, 3.8) is 0 Å². The minimum absolute atomic E-state index is 0.0477. The van der Waals surface area contributed by atoms with Gasteiger partial charge in [0.05, 0.1) is 12.1 Å². The minimum atomic E-state index is -0.334. The first-order chi connectivity index (χ1) is 12.6. The molecule has 138 valence electrons. The second-order valence-electron chi connectivity index (χ2n) is 7.38. The Morgan fingerprint density at radius 1 is 1.35 bits per heavy atom. The number of nitrogens with one attached hydrogen (secondary N) is 1. The second-order valence-corrected chi connectivity index (χ2v) is 7.38. The Kier molecular flexibility index (Phi) is 4.44. The molecule has 0 unspecified atom stereocenters. The van der Waals surface area contributed by atoms with Crippen LogP contribution < -0.4 is 5.32 Å². The summed E-state index contributed by atoms with van der Waals surface area (Å²) in [6.07, 6.45) is 1.74. The largest absolute Gasteiger partial charge is 0.461 e. The van der Waals surface area contributed by atoms with Crippen molar-refractivity contribution < 1.29 is 18.7 Å². The van der Waals surface area contributed by atoms with Crippen LogP contribution in [0.2, 0.25) is 0 Å². The van der Waals surface area contributed by atoms with E-state index >= 15 is 0 Å². The highest BCUT2D eigenvalue weighted by molar-refractivity contribution is 5.79. The van der Waals surface area contributed by atoms with E-state index in [2.05, 4.69) is 5.32 Å². The van der Waals surface area contributed by atoms with E-state index in [0.29, 0.717) is 39.1 Å². The lowest BCUT2D eigenvalue weighted by Gasteiger charge is -2.38. The summed E-state index contributed by atoms with van der Waals surface area (Å²) in [4.78, 5) is 26.3. The highest BCUT2D eigenvalue weighted by atomic mass is 16.5. The molecule has 1 N–H and O–H groups in total. The number of amides is 2. The van der Waals surface area contributed by atoms with E-state index in [-0.39, 0.29) is 23.3 Å². The van der Waals surface area contributed by atoms with Gasteiger partial charge in [-0.2, -0.15) is 0 Å². The molecule has 0 aliphatic carbocycles. The van der Waals surface area contributed by atoms with E-state index in [9.17, 15) is 9.59 Å². The molecular weight excluding hydrogens is 332 g/mol. The molecule has 2 saturated heterocycles. The maximum Gasteiger partial charge on any atom is 0.223 e. The standard InChI is InChI=1S/C20H24N2O4/c1-14(23)21-20-8-9-25-12-16(20)11-22(13-20)19(24)7-6-17-10-15-4-2-3-5-18(15)26-17/h2-5,10,16H,6-9,11-13H2,1H3,(H,21,23)/t16-,20+/m0/s1. The average Bonchev–Trinajstić information content (AvgIpc) is 3.19. The third-order valence-corrected chi connectivity index (χ3v) is 5.55. The van der Waals surface area contributed by atoms with Crippen molar-refractivity contribution in [3.05, 3.63) is 36.1 Å². The van der Waals surface area contributed by atoms with Gasteiger partial charge in [0, 0.05) is 50.8 Å². The van der Waals surface area contributed by atoms with E-state index in [1.54, 1.807) is 0 Å². The Hall–Kier alpha value is -2.34. The van der Waals surface area contributed by atoms with Crippen molar-refractivity contribution in [2.45, 2.75) is 31.7 Å². The highest BCUT2D eigenvalue weighted by Crippen LogP contribution is 2.35. The lowest BCUT2D eigenvalue weighted by molar-refractivity contribution is -0.131. The molecule has 0 spiro atoms. The molecule has 2 fully saturated rings. The molecule has 0 radical (unpaired) electrons. The molecule has 6 nitrogen and oxygen atoms in total. The van der Waals surface area contributed by atoms with Gasteiger partial charge in [-0.3, -0.25) is 9.59 Å². The first-order valence-electron chi connectivity index (χ1n) is 9.17. The van der Waals surface area contributed by atoms with E-state index in [1.807, 2.05) is 35.2 Å². The van der Waals surface area contributed by atoms with Gasteiger partial charge in [0.1, 0.15) is 11.3 Å². The summed E-state index contributed by atoms with van der Waals surface area (Å²) in [5.74, 6) is 1.05. The maximum absolute atomic E-state index is 12.7. The van der Waals surface area contributed by atoms with Gasteiger partial charge in [-0.1, -0.05) is 18.2 Å². The molecule has 0 saturated carbocycles. The molecule has 3 heterocycles. The normalized spacial score (nSPS) is 25.3. The monoisotopic (exact) mass is 356 g/mol. The van der Waals surface area contributed by atoms with Crippen LogP contribution in [0.5, 0.6) is 0 Å². The Morgan fingerprint density at radius 3 is 3.00 bits per heavy atom. The second kappa shape index (κ2) is 6.76. The summed E-state index contributed by atoms with van der Waals surface area (Å²) in [5.41, 5.74) is 0.517. The van der Waals surface area contributed by atoms with Crippen LogP contribution >= 0.6 is 0 Å². The number of benzene rings is 1. The number of furan rings is 1. The lowest BCUT2D eigenvalue weighted by atomic mass is 9.83. The van der Waals surface area contributed by atoms with Gasteiger partial charge in [0.25, 0.3) is 0 Å². The fourth-order valence-electron chi connectivity index (χ4n) is 4.24. The summed E-state index contributed by atoms with van der Waals surface area (Å²) in [7, 11) is 0. The highest BCUT2D eigenvalue weighted by Gasteiger charge is 2.50. The molecular formula is C20H24N2O4. The topological polar surface area (TPSA) is 71.8 Å². The summed E-state index contributed by atoms with van der Waals surface area (Å²) in [6, 6.07) is 9.85. The quantitative estimate of drug-likeness (QED) is 0.911. The Labute approximate surface area is 152 Å². The van der Waals surface area contributed by atoms with Crippen LogP contribution in [0.25, 0.3) is 11.0 Å². The number of likely N-dealkylation sites (tertiary alicyclic amines) is 1. The fraction of sp³-hybridized carbons (Fsp3) is 0.500. The van der Waals surface area contributed by atoms with Crippen LogP contribution in [-0.2, 0) is 20.7 Å². The van der Waals surface area contributed by atoms with Crippen LogP contribution in [0, 0.1) is 5.92 Å². The maximum atomic E-state index is 12.7. The molecule has 2 aromatic rings. The molecule has 2 aliphatic rings. The lowest BCUT2D eigenvalue weighted by Crippen LogP contribution is -2.57. The first kappa shape index (κ1) is 17.1. The molecule has 2 atom stereocenters. The molecule has 0 bridgehead atoms. The summed E-state index contributed by atoms with van der Waals surface area (Å²) < 4.78 is 11.4. The number of rotatable bonds is 4. The zero-order chi connectivity index (χ0) is 18.1. The van der Waals surface area contributed by atoms with Gasteiger partial charge in [0.2, 0.25) is 11.8 Å². The number of fused-ring (bicyclic) bond motifs is 2. The first-order valence-corrected chi connectivity index (χ1v) is 9.17. The number of aryl methyl sites for hydroxylation is 1. The Morgan fingerprint density at radius 2 is 2.19 bits per heavy atom. The van der Waals surface area contributed by atoms with E-state index in [4.69, 9.17) is 9.15 Å². The van der Waals surface area contributed by atoms with Gasteiger partial charge >= 0.3 is 0 Å². The Bertz CT molecular complexity index is 797. The Balaban J connectivity index is 1.41. The van der Waals surface area contributed by atoms with Crippen molar-refractivity contribution in [2.24, 2.45) is 5.92 Å². The van der Waals surface area contributed by atoms with Crippen LogP contribution in [0.3, 0.4) is 0 Å². The fourth-order valence-corrected chi connectivity index (χ4v) is 4.24. The number of para-hydroxylation sites is 1. The number of carbonyl (C=O) groups excluding carboxylic acids is 2. The van der Waals surface area contributed by atoms with E-state index in [1.165, 1.54) is 6.92 Å². The molecule has 2 aliphatic heterocycles. The number of ether oxygens (including phenoxy) is 1. The molecule has 6 heteroatoms. The van der Waals surface area contributed by atoms with E-state index in [0.717, 1.165) is 23.2 Å². The van der Waals surface area contributed by atoms with Gasteiger partial charge in [-0.25, -0.2) is 0 Å². The summed E-state index contributed by atoms with van der Waals surface area (Å²) in [5, 5.41) is 4.16. The van der Waals surface area contributed by atoms with Gasteiger partial charge in [-0.15, -0.1) is 0 Å². The molecule has 1 aromatic carbocycles. The van der Waals surface area contributed by atoms with Crippen LogP contribution in [0.15, 0.2) is 34.7 Å². The molecule has 1 aromatic heterocycles. The van der Waals surface area contributed by atoms with Gasteiger partial charge in [0.15, 0.2) is 0 Å². The predicted octanol–water partition coefficient (Wildman–Crippen LogP) is 2.12. The van der Waals surface area contributed by atoms with Crippen molar-refractivity contribution in [1.29, 1.82) is 0 Å². The minimum Gasteiger partial charge on any atom is -0.461 e. The zero-order valence-corrected chi connectivity index (χ0v) is 15.0. The number of hydrogen-bond donors (Lipinski definition) is 1. The smallest absolute Gasteiger partial charge is 0.223 e. The van der Waals surface area contributed by atoms with Gasteiger partial charge < -0.3 is 19.4 Å². The van der Waals surface area contributed by atoms with Crippen molar-refractivity contribution in [3.8, 4) is 0 Å². The molecule has 2 amide bonds. The summed E-state index contributed by atoms with van der Waals surface area (Å²) in [6.45, 7) is 3.96. The zero-order valence-electron chi connectivity index (χ0n) is 15.0. The number of nitrogens with zero attached hydrogens (tertiary/aromatic N) is 1. The number of hydrogen-bond acceptors (Lipinski definition) is 4. The number of carbonyl (C=O) groups is 2. The summed E-state index contributed by atoms with van der Waals surface area (Å²) >= 11 is 0. The van der Waals surface area contributed by atoms with Crippen molar-refractivity contribution in [2.75, 3.05) is 26.3 Å². The van der Waals surface area contributed by atoms with Crippen molar-refractivity contribution >= 4 is 22.8 Å². The van der Waals surface area contributed by atoms with Crippen LogP contribution in [0.4, 0.5) is 0 Å². The SMILES string of the molecule is CC(=O)N[C@@]12CCOC[C@@H]1CN(C(=O)CCc1cc3ccccc3o1)C2. The molecule has 26 heavy (non-hydrogen) atoms. The van der Waals surface area contributed by atoms with Crippen LogP contribution in [0.1, 0.15) is 25.5 Å². The third kappa shape index (κ3) is 3.21.